The monoisotopic (exact) mass is 272 g/mol. The van der Waals surface area contributed by atoms with E-state index in [9.17, 15) is 4.39 Å². The van der Waals surface area contributed by atoms with Crippen LogP contribution in [-0.2, 0) is 13.6 Å². The molecule has 0 aliphatic carbocycles. The van der Waals surface area contributed by atoms with E-state index in [0.717, 1.165) is 5.52 Å². The van der Waals surface area contributed by atoms with Crippen molar-refractivity contribution in [3.8, 4) is 11.6 Å². The van der Waals surface area contributed by atoms with Crippen LogP contribution in [0.4, 0.5) is 4.39 Å². The number of fused-ring (bicyclic) bond motifs is 1. The maximum absolute atomic E-state index is 13.7. The lowest BCUT2D eigenvalue weighted by Crippen LogP contribution is -2.00. The van der Waals surface area contributed by atoms with Gasteiger partial charge in [0.1, 0.15) is 11.6 Å². The summed E-state index contributed by atoms with van der Waals surface area (Å²) in [7, 11) is 1.88. The quantitative estimate of drug-likeness (QED) is 0.794. The molecular weight excluding hydrogens is 259 g/mol. The lowest BCUT2D eigenvalue weighted by Gasteiger charge is -2.07. The topological polar surface area (TPSA) is 66.0 Å². The highest BCUT2D eigenvalue weighted by molar-refractivity contribution is 5.80. The number of nitrogens with zero attached hydrogens (tertiary/aromatic N) is 3. The van der Waals surface area contributed by atoms with Crippen molar-refractivity contribution in [3.63, 3.8) is 0 Å². The number of hydrogen-bond acceptors (Lipinski definition) is 4. The normalized spacial score (nSPS) is 10.9. The van der Waals surface area contributed by atoms with E-state index in [0.29, 0.717) is 22.7 Å². The van der Waals surface area contributed by atoms with Gasteiger partial charge in [0, 0.05) is 31.4 Å². The van der Waals surface area contributed by atoms with Crippen LogP contribution in [0.2, 0.25) is 0 Å². The molecule has 0 bridgehead atoms. The SMILES string of the molecule is Cn1cnc2c(Oc3ccc(CN)c(F)c3)nccc21. The van der Waals surface area contributed by atoms with Gasteiger partial charge in [-0.1, -0.05) is 6.07 Å². The van der Waals surface area contributed by atoms with Gasteiger partial charge in [-0.15, -0.1) is 0 Å². The van der Waals surface area contributed by atoms with Gasteiger partial charge in [-0.3, -0.25) is 0 Å². The lowest BCUT2D eigenvalue weighted by molar-refractivity contribution is 0.462. The molecule has 0 unspecified atom stereocenters. The second-order valence-electron chi connectivity index (χ2n) is 4.40. The van der Waals surface area contributed by atoms with Crippen molar-refractivity contribution in [2.24, 2.45) is 12.8 Å². The number of imidazole rings is 1. The predicted octanol–water partition coefficient (Wildman–Crippen LogP) is 2.36. The fourth-order valence-electron chi connectivity index (χ4n) is 1.98. The molecule has 0 radical (unpaired) electrons. The number of rotatable bonds is 3. The van der Waals surface area contributed by atoms with Crippen molar-refractivity contribution < 1.29 is 9.13 Å². The number of aryl methyl sites for hydroxylation is 1. The third-order valence-corrected chi connectivity index (χ3v) is 3.07. The Morgan fingerprint density at radius 3 is 2.90 bits per heavy atom. The number of aromatic nitrogens is 3. The Labute approximate surface area is 114 Å². The Balaban J connectivity index is 1.99. The second-order valence-corrected chi connectivity index (χ2v) is 4.40. The molecule has 2 N–H and O–H groups in total. The Morgan fingerprint density at radius 1 is 1.30 bits per heavy atom. The Hall–Kier alpha value is -2.47. The van der Waals surface area contributed by atoms with Crippen LogP contribution in [0.15, 0.2) is 36.8 Å². The van der Waals surface area contributed by atoms with E-state index in [1.165, 1.54) is 6.07 Å². The zero-order valence-electron chi connectivity index (χ0n) is 10.9. The van der Waals surface area contributed by atoms with Crippen LogP contribution in [-0.4, -0.2) is 14.5 Å². The van der Waals surface area contributed by atoms with Crippen molar-refractivity contribution in [3.05, 3.63) is 48.2 Å². The summed E-state index contributed by atoms with van der Waals surface area (Å²) in [5, 5.41) is 0. The van der Waals surface area contributed by atoms with Crippen LogP contribution in [0.3, 0.4) is 0 Å². The molecule has 5 nitrogen and oxygen atoms in total. The third kappa shape index (κ3) is 2.10. The Morgan fingerprint density at radius 2 is 2.15 bits per heavy atom. The van der Waals surface area contributed by atoms with Gasteiger partial charge in [-0.25, -0.2) is 14.4 Å². The molecule has 1 aromatic carbocycles. The van der Waals surface area contributed by atoms with Crippen molar-refractivity contribution in [1.82, 2.24) is 14.5 Å². The molecule has 0 saturated heterocycles. The van der Waals surface area contributed by atoms with E-state index in [1.54, 1.807) is 24.7 Å². The van der Waals surface area contributed by atoms with E-state index >= 15 is 0 Å². The molecule has 0 fully saturated rings. The van der Waals surface area contributed by atoms with Gasteiger partial charge in [0.2, 0.25) is 5.88 Å². The predicted molar refractivity (Wildman–Crippen MR) is 72.9 cm³/mol. The standard InChI is InChI=1S/C14H13FN4O/c1-19-8-18-13-12(19)4-5-17-14(13)20-10-3-2-9(7-16)11(15)6-10/h2-6,8H,7,16H2,1H3. The molecule has 0 saturated carbocycles. The largest absolute Gasteiger partial charge is 0.437 e. The smallest absolute Gasteiger partial charge is 0.247 e. The highest BCUT2D eigenvalue weighted by Gasteiger charge is 2.10. The summed E-state index contributed by atoms with van der Waals surface area (Å²) < 4.78 is 21.2. The zero-order valence-corrected chi connectivity index (χ0v) is 10.9. The first-order valence-electron chi connectivity index (χ1n) is 6.11. The summed E-state index contributed by atoms with van der Waals surface area (Å²) in [6, 6.07) is 6.40. The Kier molecular flexibility index (Phi) is 3.08. The molecule has 0 aliphatic heterocycles. The molecule has 0 spiro atoms. The Bertz CT molecular complexity index is 769. The molecule has 0 aliphatic rings. The number of hydrogen-bond donors (Lipinski definition) is 1. The summed E-state index contributed by atoms with van der Waals surface area (Å²) in [6.07, 6.45) is 3.31. The van der Waals surface area contributed by atoms with Crippen molar-refractivity contribution in [2.45, 2.75) is 6.54 Å². The van der Waals surface area contributed by atoms with E-state index in [-0.39, 0.29) is 6.54 Å². The number of pyridine rings is 1. The average molecular weight is 272 g/mol. The average Bonchev–Trinajstić information content (AvgIpc) is 2.82. The summed E-state index contributed by atoms with van der Waals surface area (Å²) in [6.45, 7) is 0.153. The van der Waals surface area contributed by atoms with E-state index < -0.39 is 5.82 Å². The van der Waals surface area contributed by atoms with Crippen molar-refractivity contribution in [1.29, 1.82) is 0 Å². The maximum Gasteiger partial charge on any atom is 0.247 e. The van der Waals surface area contributed by atoms with Crippen LogP contribution in [0, 0.1) is 5.82 Å². The van der Waals surface area contributed by atoms with Crippen LogP contribution in [0.1, 0.15) is 5.56 Å². The molecule has 20 heavy (non-hydrogen) atoms. The molecule has 0 atom stereocenters. The summed E-state index contributed by atoms with van der Waals surface area (Å²) in [4.78, 5) is 8.37. The fourth-order valence-corrected chi connectivity index (χ4v) is 1.98. The molecule has 3 rings (SSSR count). The molecule has 2 aromatic heterocycles. The van der Waals surface area contributed by atoms with E-state index in [2.05, 4.69) is 9.97 Å². The summed E-state index contributed by atoms with van der Waals surface area (Å²) in [5.74, 6) is 0.326. The minimum absolute atomic E-state index is 0.153. The van der Waals surface area contributed by atoms with Crippen LogP contribution < -0.4 is 10.5 Å². The van der Waals surface area contributed by atoms with Gasteiger partial charge in [0.05, 0.1) is 11.8 Å². The lowest BCUT2D eigenvalue weighted by atomic mass is 10.2. The van der Waals surface area contributed by atoms with Gasteiger partial charge in [0.25, 0.3) is 0 Å². The minimum Gasteiger partial charge on any atom is -0.437 e. The van der Waals surface area contributed by atoms with Crippen molar-refractivity contribution in [2.75, 3.05) is 0 Å². The second kappa shape index (κ2) is 4.90. The van der Waals surface area contributed by atoms with Gasteiger partial charge in [0.15, 0.2) is 5.52 Å². The number of nitrogens with two attached hydrogens (primary N) is 1. The summed E-state index contributed by atoms with van der Waals surface area (Å²) in [5.41, 5.74) is 7.40. The zero-order chi connectivity index (χ0) is 14.1. The number of ether oxygens (including phenoxy) is 1. The van der Waals surface area contributed by atoms with Gasteiger partial charge >= 0.3 is 0 Å². The van der Waals surface area contributed by atoms with E-state index in [4.69, 9.17) is 10.5 Å². The summed E-state index contributed by atoms with van der Waals surface area (Å²) >= 11 is 0. The molecular formula is C14H13FN4O. The van der Waals surface area contributed by atoms with Crippen LogP contribution >= 0.6 is 0 Å². The first-order chi connectivity index (χ1) is 9.69. The number of benzene rings is 1. The minimum atomic E-state index is -0.391. The van der Waals surface area contributed by atoms with Crippen LogP contribution in [0.5, 0.6) is 11.6 Å². The third-order valence-electron chi connectivity index (χ3n) is 3.07. The first-order valence-corrected chi connectivity index (χ1v) is 6.11. The molecule has 6 heteroatoms. The van der Waals surface area contributed by atoms with E-state index in [1.807, 2.05) is 17.7 Å². The fraction of sp³-hybridized carbons (Fsp3) is 0.143. The van der Waals surface area contributed by atoms with Gasteiger partial charge < -0.3 is 15.0 Å². The number of halogens is 1. The molecule has 102 valence electrons. The molecule has 2 heterocycles. The highest BCUT2D eigenvalue weighted by Crippen LogP contribution is 2.27. The van der Waals surface area contributed by atoms with Gasteiger partial charge in [-0.05, 0) is 12.1 Å². The van der Waals surface area contributed by atoms with Crippen molar-refractivity contribution >= 4 is 11.0 Å². The molecule has 3 aromatic rings. The highest BCUT2D eigenvalue weighted by atomic mass is 19.1. The van der Waals surface area contributed by atoms with Gasteiger partial charge in [-0.2, -0.15) is 0 Å². The first kappa shape index (κ1) is 12.6. The maximum atomic E-state index is 13.7. The molecule has 0 amide bonds. The van der Waals surface area contributed by atoms with Crippen LogP contribution in [0.25, 0.3) is 11.0 Å².